The maximum atomic E-state index is 10.5. The lowest BCUT2D eigenvalue weighted by Crippen LogP contribution is -2.05. The van der Waals surface area contributed by atoms with Gasteiger partial charge >= 0.3 is 5.97 Å². The number of halogens is 1. The Kier molecular flexibility index (Phi) is 2.74. The summed E-state index contributed by atoms with van der Waals surface area (Å²) in [6, 6.07) is 6.55. The van der Waals surface area contributed by atoms with Crippen molar-refractivity contribution in [2.24, 2.45) is 0 Å². The topological polar surface area (TPSA) is 77.2 Å². The number of hydrogen-bond donors (Lipinski definition) is 1. The smallest absolute Gasteiger partial charge is 0.358 e. The monoisotopic (exact) mass is 239 g/mol. The molecule has 1 aromatic heterocycles. The molecule has 0 atom stereocenters. The second-order valence-corrected chi connectivity index (χ2v) is 3.29. The third-order valence-corrected chi connectivity index (χ3v) is 1.96. The minimum atomic E-state index is -1.16. The molecule has 16 heavy (non-hydrogen) atoms. The summed E-state index contributed by atoms with van der Waals surface area (Å²) in [7, 11) is 0. The van der Waals surface area contributed by atoms with Gasteiger partial charge < -0.3 is 9.94 Å². The Morgan fingerprint density at radius 1 is 1.38 bits per heavy atom. The van der Waals surface area contributed by atoms with Crippen LogP contribution in [0.3, 0.4) is 0 Å². The van der Waals surface area contributed by atoms with E-state index in [2.05, 4.69) is 10.3 Å². The minimum absolute atomic E-state index is 0.186. The Labute approximate surface area is 95.0 Å². The van der Waals surface area contributed by atoms with Crippen LogP contribution in [0.5, 0.6) is 5.75 Å². The lowest BCUT2D eigenvalue weighted by Gasteiger charge is -2.01. The molecular formula is C9H6ClN3O3. The van der Waals surface area contributed by atoms with Crippen molar-refractivity contribution in [1.82, 2.24) is 15.2 Å². The van der Waals surface area contributed by atoms with Gasteiger partial charge in [-0.2, -0.15) is 0 Å². The van der Waals surface area contributed by atoms with E-state index >= 15 is 0 Å². The quantitative estimate of drug-likeness (QED) is 0.878. The fraction of sp³-hybridized carbons (Fsp3) is 0. The summed E-state index contributed by atoms with van der Waals surface area (Å²) in [5.41, 5.74) is -0.186. The first-order valence-electron chi connectivity index (χ1n) is 4.25. The maximum absolute atomic E-state index is 10.5. The molecule has 82 valence electrons. The van der Waals surface area contributed by atoms with Crippen LogP contribution in [0.25, 0.3) is 0 Å². The van der Waals surface area contributed by atoms with Crippen molar-refractivity contribution < 1.29 is 14.7 Å². The van der Waals surface area contributed by atoms with E-state index < -0.39 is 5.97 Å². The highest BCUT2D eigenvalue weighted by molar-refractivity contribution is 6.30. The molecule has 0 aliphatic carbocycles. The summed E-state index contributed by atoms with van der Waals surface area (Å²) in [5, 5.41) is 16.1. The standard InChI is InChI=1S/C9H6ClN3O3/c10-6-1-3-7(4-2-6)16-13-5-8(9(14)15)11-12-13/h1-5H,(H,14,15). The predicted molar refractivity (Wildman–Crippen MR) is 54.5 cm³/mol. The van der Waals surface area contributed by atoms with Crippen LogP contribution < -0.4 is 4.84 Å². The maximum Gasteiger partial charge on any atom is 0.358 e. The molecule has 0 radical (unpaired) electrons. The van der Waals surface area contributed by atoms with Crippen molar-refractivity contribution in [3.8, 4) is 5.75 Å². The Balaban J connectivity index is 2.14. The summed E-state index contributed by atoms with van der Waals surface area (Å²) in [6.45, 7) is 0. The van der Waals surface area contributed by atoms with E-state index in [1.165, 1.54) is 0 Å². The van der Waals surface area contributed by atoms with Gasteiger partial charge in [-0.05, 0) is 29.5 Å². The molecule has 0 saturated heterocycles. The number of carboxylic acid groups (broad SMARTS) is 1. The van der Waals surface area contributed by atoms with Crippen molar-refractivity contribution in [2.75, 3.05) is 0 Å². The number of benzene rings is 1. The number of nitrogens with zero attached hydrogens (tertiary/aromatic N) is 3. The summed E-state index contributed by atoms with van der Waals surface area (Å²) in [6.07, 6.45) is 1.16. The molecule has 0 unspecified atom stereocenters. The van der Waals surface area contributed by atoms with Gasteiger partial charge in [0.25, 0.3) is 0 Å². The van der Waals surface area contributed by atoms with E-state index in [0.29, 0.717) is 10.8 Å². The van der Waals surface area contributed by atoms with E-state index in [-0.39, 0.29) is 5.69 Å². The lowest BCUT2D eigenvalue weighted by molar-refractivity contribution is 0.0690. The zero-order valence-electron chi connectivity index (χ0n) is 7.87. The van der Waals surface area contributed by atoms with Crippen LogP contribution in [-0.4, -0.2) is 26.2 Å². The van der Waals surface area contributed by atoms with Gasteiger partial charge in [-0.3, -0.25) is 0 Å². The largest absolute Gasteiger partial charge is 0.476 e. The molecule has 2 aromatic rings. The van der Waals surface area contributed by atoms with Gasteiger partial charge in [-0.15, -0.1) is 5.10 Å². The molecule has 0 saturated carbocycles. The van der Waals surface area contributed by atoms with E-state index in [4.69, 9.17) is 21.5 Å². The van der Waals surface area contributed by atoms with Crippen molar-refractivity contribution in [1.29, 1.82) is 0 Å². The SMILES string of the molecule is O=C(O)c1cn(Oc2ccc(Cl)cc2)nn1. The van der Waals surface area contributed by atoms with Gasteiger partial charge in [0.1, 0.15) is 6.20 Å². The average molecular weight is 240 g/mol. The first kappa shape index (κ1) is 10.4. The van der Waals surface area contributed by atoms with Gasteiger partial charge in [-0.1, -0.05) is 16.4 Å². The second-order valence-electron chi connectivity index (χ2n) is 2.86. The molecule has 0 aliphatic heterocycles. The number of aromatic carboxylic acids is 1. The molecule has 0 aliphatic rings. The number of hydrogen-bond acceptors (Lipinski definition) is 4. The first-order chi connectivity index (χ1) is 7.65. The van der Waals surface area contributed by atoms with Crippen molar-refractivity contribution in [2.45, 2.75) is 0 Å². The van der Waals surface area contributed by atoms with E-state index in [9.17, 15) is 4.79 Å². The lowest BCUT2D eigenvalue weighted by atomic mass is 10.3. The number of aromatic nitrogens is 3. The van der Waals surface area contributed by atoms with Gasteiger partial charge in [0.2, 0.25) is 0 Å². The molecule has 6 nitrogen and oxygen atoms in total. The third-order valence-electron chi connectivity index (χ3n) is 1.71. The Morgan fingerprint density at radius 2 is 2.06 bits per heavy atom. The molecule has 1 N–H and O–H groups in total. The fourth-order valence-corrected chi connectivity index (χ4v) is 1.12. The Hall–Kier alpha value is -2.08. The summed E-state index contributed by atoms with van der Waals surface area (Å²) in [5.74, 6) is -0.683. The van der Waals surface area contributed by atoms with Crippen molar-refractivity contribution in [3.63, 3.8) is 0 Å². The zero-order valence-corrected chi connectivity index (χ0v) is 8.63. The molecule has 1 aromatic carbocycles. The van der Waals surface area contributed by atoms with Crippen LogP contribution in [0.4, 0.5) is 0 Å². The Bertz CT molecular complexity index is 509. The van der Waals surface area contributed by atoms with Crippen LogP contribution in [0.1, 0.15) is 10.5 Å². The average Bonchev–Trinajstić information content (AvgIpc) is 2.70. The number of rotatable bonds is 3. The Morgan fingerprint density at radius 3 is 2.62 bits per heavy atom. The highest BCUT2D eigenvalue weighted by Gasteiger charge is 2.08. The number of carboxylic acids is 1. The van der Waals surface area contributed by atoms with Crippen LogP contribution in [0.15, 0.2) is 30.5 Å². The third kappa shape index (κ3) is 2.29. The van der Waals surface area contributed by atoms with Gasteiger partial charge in [0.15, 0.2) is 11.4 Å². The zero-order chi connectivity index (χ0) is 11.5. The molecule has 1 heterocycles. The predicted octanol–water partition coefficient (Wildman–Crippen LogP) is 1.47. The van der Waals surface area contributed by atoms with Gasteiger partial charge in [0, 0.05) is 5.02 Å². The fourth-order valence-electron chi connectivity index (χ4n) is 0.995. The van der Waals surface area contributed by atoms with Crippen LogP contribution in [-0.2, 0) is 0 Å². The normalized spacial score (nSPS) is 10.1. The molecule has 0 spiro atoms. The summed E-state index contributed by atoms with van der Waals surface area (Å²) < 4.78 is 0. The van der Waals surface area contributed by atoms with Crippen LogP contribution >= 0.6 is 11.6 Å². The van der Waals surface area contributed by atoms with Crippen molar-refractivity contribution in [3.05, 3.63) is 41.2 Å². The molecular weight excluding hydrogens is 234 g/mol. The first-order valence-corrected chi connectivity index (χ1v) is 4.62. The second kappa shape index (κ2) is 4.19. The molecule has 7 heteroatoms. The molecule has 0 amide bonds. The molecule has 0 fully saturated rings. The van der Waals surface area contributed by atoms with Gasteiger partial charge in [-0.25, -0.2) is 4.79 Å². The summed E-state index contributed by atoms with van der Waals surface area (Å²) in [4.78, 5) is 16.7. The van der Waals surface area contributed by atoms with Crippen LogP contribution in [0.2, 0.25) is 5.02 Å². The highest BCUT2D eigenvalue weighted by atomic mass is 35.5. The summed E-state index contributed by atoms with van der Waals surface area (Å²) >= 11 is 5.69. The molecule has 2 rings (SSSR count). The number of carbonyl (C=O) groups is 1. The van der Waals surface area contributed by atoms with E-state index in [0.717, 1.165) is 11.0 Å². The molecule has 0 bridgehead atoms. The van der Waals surface area contributed by atoms with Crippen LogP contribution in [0, 0.1) is 0 Å². The van der Waals surface area contributed by atoms with E-state index in [1.54, 1.807) is 24.3 Å². The minimum Gasteiger partial charge on any atom is -0.476 e. The van der Waals surface area contributed by atoms with Gasteiger partial charge in [0.05, 0.1) is 0 Å². The van der Waals surface area contributed by atoms with E-state index in [1.807, 2.05) is 0 Å². The van der Waals surface area contributed by atoms with Crippen molar-refractivity contribution >= 4 is 17.6 Å². The highest BCUT2D eigenvalue weighted by Crippen LogP contribution is 2.15.